The number of nitrogens with zero attached hydrogens (tertiary/aromatic N) is 1. The van der Waals surface area contributed by atoms with E-state index in [4.69, 9.17) is 12.2 Å². The first-order chi connectivity index (χ1) is 13.0. The molecule has 1 aliphatic rings. The maximum absolute atomic E-state index is 12.6. The Balaban J connectivity index is 1.56. The predicted octanol–water partition coefficient (Wildman–Crippen LogP) is 4.01. The van der Waals surface area contributed by atoms with Gasteiger partial charge in [-0.05, 0) is 35.8 Å². The molecule has 0 bridgehead atoms. The normalized spacial score (nSPS) is 15.4. The van der Waals surface area contributed by atoms with E-state index < -0.39 is 0 Å². The van der Waals surface area contributed by atoms with Gasteiger partial charge in [0.15, 0.2) is 0 Å². The maximum Gasteiger partial charge on any atom is 0.266 e. The van der Waals surface area contributed by atoms with Crippen LogP contribution in [-0.4, -0.2) is 34.1 Å². The summed E-state index contributed by atoms with van der Waals surface area (Å²) in [6.45, 7) is 0.459. The van der Waals surface area contributed by atoms with Crippen molar-refractivity contribution in [1.29, 1.82) is 0 Å². The maximum atomic E-state index is 12.6. The molecule has 1 saturated heterocycles. The summed E-state index contributed by atoms with van der Waals surface area (Å²) in [5.41, 5.74) is 2.05. The lowest BCUT2D eigenvalue weighted by atomic mass is 10.1. The number of carbonyl (C=O) groups is 2. The molecule has 0 unspecified atom stereocenters. The third-order valence-corrected chi connectivity index (χ3v) is 5.77. The van der Waals surface area contributed by atoms with Crippen molar-refractivity contribution in [3.8, 4) is 0 Å². The number of amides is 2. The molecule has 1 fully saturated rings. The number of carbonyl (C=O) groups excluding carboxylic acids is 2. The molecule has 3 rings (SSSR count). The van der Waals surface area contributed by atoms with Crippen LogP contribution in [0.4, 0.5) is 0 Å². The molecular weight excluding hydrogens is 444 g/mol. The predicted molar refractivity (Wildman–Crippen MR) is 117 cm³/mol. The third kappa shape index (κ3) is 5.51. The van der Waals surface area contributed by atoms with Crippen molar-refractivity contribution in [2.75, 3.05) is 13.1 Å². The van der Waals surface area contributed by atoms with Crippen molar-refractivity contribution >= 4 is 62.1 Å². The highest BCUT2D eigenvalue weighted by atomic mass is 79.9. The molecule has 0 radical (unpaired) electrons. The molecule has 0 atom stereocenters. The van der Waals surface area contributed by atoms with Gasteiger partial charge < -0.3 is 5.32 Å². The highest BCUT2D eigenvalue weighted by Gasteiger charge is 2.33. The lowest BCUT2D eigenvalue weighted by Gasteiger charge is -2.14. The van der Waals surface area contributed by atoms with Crippen molar-refractivity contribution < 1.29 is 9.59 Å². The van der Waals surface area contributed by atoms with Gasteiger partial charge in [-0.2, -0.15) is 0 Å². The number of hydrogen-bond donors (Lipinski definition) is 1. The highest BCUT2D eigenvalue weighted by Crippen LogP contribution is 2.32. The Bertz CT molecular complexity index is 900. The fourth-order valence-corrected chi connectivity index (χ4v) is 4.25. The van der Waals surface area contributed by atoms with E-state index in [9.17, 15) is 9.59 Å². The van der Waals surface area contributed by atoms with E-state index in [1.807, 2.05) is 54.6 Å². The van der Waals surface area contributed by atoms with Crippen molar-refractivity contribution in [2.24, 2.45) is 0 Å². The fraction of sp³-hybridized carbons (Fsp3) is 0.150. The van der Waals surface area contributed by atoms with Crippen LogP contribution < -0.4 is 5.32 Å². The van der Waals surface area contributed by atoms with E-state index in [2.05, 4.69) is 21.2 Å². The standard InChI is InChI=1S/C20H17BrN2O2S2/c21-16-8-4-7-15(11-16)12-17-19(25)23(20(26)27-17)13-18(24)22-10-9-14-5-2-1-3-6-14/h1-8,11-12H,9-10,13H2,(H,22,24). The van der Waals surface area contributed by atoms with Crippen LogP contribution in [0.2, 0.25) is 0 Å². The molecule has 1 aliphatic heterocycles. The highest BCUT2D eigenvalue weighted by molar-refractivity contribution is 9.10. The number of hydrogen-bond acceptors (Lipinski definition) is 4. The lowest BCUT2D eigenvalue weighted by Crippen LogP contribution is -2.40. The van der Waals surface area contributed by atoms with E-state index in [-0.39, 0.29) is 18.4 Å². The van der Waals surface area contributed by atoms with Crippen LogP contribution in [0.15, 0.2) is 64.0 Å². The largest absolute Gasteiger partial charge is 0.354 e. The zero-order valence-corrected chi connectivity index (χ0v) is 17.6. The summed E-state index contributed by atoms with van der Waals surface area (Å²) in [4.78, 5) is 26.7. The second-order valence-electron chi connectivity index (χ2n) is 5.91. The van der Waals surface area contributed by atoms with E-state index in [0.29, 0.717) is 15.8 Å². The summed E-state index contributed by atoms with van der Waals surface area (Å²) in [5, 5.41) is 2.84. The molecule has 1 N–H and O–H groups in total. The average Bonchev–Trinajstić information content (AvgIpc) is 2.90. The molecule has 2 amide bonds. The number of nitrogens with one attached hydrogen (secondary N) is 1. The molecule has 27 heavy (non-hydrogen) atoms. The fourth-order valence-electron chi connectivity index (χ4n) is 2.57. The van der Waals surface area contributed by atoms with Crippen molar-refractivity contribution in [3.05, 3.63) is 75.1 Å². The van der Waals surface area contributed by atoms with Crippen LogP contribution in [0.3, 0.4) is 0 Å². The van der Waals surface area contributed by atoms with Gasteiger partial charge in [-0.15, -0.1) is 0 Å². The van der Waals surface area contributed by atoms with Crippen LogP contribution in [0.1, 0.15) is 11.1 Å². The second-order valence-corrected chi connectivity index (χ2v) is 8.50. The topological polar surface area (TPSA) is 49.4 Å². The third-order valence-electron chi connectivity index (χ3n) is 3.90. The van der Waals surface area contributed by atoms with Crippen LogP contribution in [0, 0.1) is 0 Å². The summed E-state index contributed by atoms with van der Waals surface area (Å²) in [6.07, 6.45) is 2.53. The van der Waals surface area contributed by atoms with Gasteiger partial charge in [0.2, 0.25) is 5.91 Å². The molecule has 4 nitrogen and oxygen atoms in total. The van der Waals surface area contributed by atoms with Gasteiger partial charge >= 0.3 is 0 Å². The summed E-state index contributed by atoms with van der Waals surface area (Å²) in [5.74, 6) is -0.450. The summed E-state index contributed by atoms with van der Waals surface area (Å²) in [7, 11) is 0. The van der Waals surface area contributed by atoms with Gasteiger partial charge in [-0.1, -0.05) is 82.4 Å². The summed E-state index contributed by atoms with van der Waals surface area (Å²) < 4.78 is 1.34. The van der Waals surface area contributed by atoms with E-state index in [1.54, 1.807) is 6.08 Å². The lowest BCUT2D eigenvalue weighted by molar-refractivity contribution is -0.128. The van der Waals surface area contributed by atoms with Crippen LogP contribution in [-0.2, 0) is 16.0 Å². The second kappa shape index (κ2) is 9.30. The molecule has 138 valence electrons. The quantitative estimate of drug-likeness (QED) is 0.522. The van der Waals surface area contributed by atoms with Crippen molar-refractivity contribution in [3.63, 3.8) is 0 Å². The molecular formula is C20H17BrN2O2S2. The van der Waals surface area contributed by atoms with Crippen LogP contribution >= 0.6 is 39.9 Å². The Morgan fingerprint density at radius 2 is 1.96 bits per heavy atom. The Kier molecular flexibility index (Phi) is 6.82. The zero-order chi connectivity index (χ0) is 19.2. The van der Waals surface area contributed by atoms with Gasteiger partial charge in [-0.3, -0.25) is 14.5 Å². The molecule has 0 aromatic heterocycles. The average molecular weight is 461 g/mol. The van der Waals surface area contributed by atoms with E-state index in [1.165, 1.54) is 16.7 Å². The first kappa shape index (κ1) is 19.8. The zero-order valence-electron chi connectivity index (χ0n) is 14.4. The molecule has 2 aromatic carbocycles. The van der Waals surface area contributed by atoms with E-state index in [0.717, 1.165) is 22.0 Å². The molecule has 1 heterocycles. The van der Waals surface area contributed by atoms with Gasteiger partial charge in [-0.25, -0.2) is 0 Å². The molecule has 7 heteroatoms. The number of halogens is 1. The minimum Gasteiger partial charge on any atom is -0.354 e. The first-order valence-corrected chi connectivity index (χ1v) is 10.4. The number of benzene rings is 2. The van der Waals surface area contributed by atoms with Crippen LogP contribution in [0.25, 0.3) is 6.08 Å². The van der Waals surface area contributed by atoms with Crippen LogP contribution in [0.5, 0.6) is 0 Å². The smallest absolute Gasteiger partial charge is 0.266 e. The van der Waals surface area contributed by atoms with Crippen molar-refractivity contribution in [1.82, 2.24) is 10.2 Å². The van der Waals surface area contributed by atoms with E-state index >= 15 is 0 Å². The van der Waals surface area contributed by atoms with Gasteiger partial charge in [0.25, 0.3) is 5.91 Å². The Labute approximate surface area is 176 Å². The Hall–Kier alpha value is -1.96. The minimum atomic E-state index is -0.233. The number of rotatable bonds is 6. The molecule has 0 aliphatic carbocycles. The monoisotopic (exact) mass is 460 g/mol. The summed E-state index contributed by atoms with van der Waals surface area (Å²) >= 11 is 9.91. The summed E-state index contributed by atoms with van der Waals surface area (Å²) in [6, 6.07) is 17.6. The van der Waals surface area contributed by atoms with Crippen molar-refractivity contribution in [2.45, 2.75) is 6.42 Å². The van der Waals surface area contributed by atoms with Gasteiger partial charge in [0.1, 0.15) is 10.9 Å². The van der Waals surface area contributed by atoms with Gasteiger partial charge in [0, 0.05) is 11.0 Å². The van der Waals surface area contributed by atoms with Gasteiger partial charge in [0.05, 0.1) is 4.91 Å². The minimum absolute atomic E-state index is 0.0602. The number of thioether (sulfide) groups is 1. The Morgan fingerprint density at radius 1 is 1.19 bits per heavy atom. The molecule has 0 saturated carbocycles. The number of thiocarbonyl (C=S) groups is 1. The molecule has 2 aromatic rings. The molecule has 0 spiro atoms. The Morgan fingerprint density at radius 3 is 2.70 bits per heavy atom. The first-order valence-electron chi connectivity index (χ1n) is 8.34. The SMILES string of the molecule is O=C(CN1C(=O)C(=Cc2cccc(Br)c2)SC1=S)NCCc1ccccc1.